The van der Waals surface area contributed by atoms with E-state index in [2.05, 4.69) is 20.6 Å². The van der Waals surface area contributed by atoms with Crippen molar-refractivity contribution in [1.82, 2.24) is 25.2 Å². The van der Waals surface area contributed by atoms with Gasteiger partial charge in [0.1, 0.15) is 5.75 Å². The van der Waals surface area contributed by atoms with Gasteiger partial charge in [-0.3, -0.25) is 4.79 Å². The Morgan fingerprint density at radius 1 is 1.13 bits per heavy atom. The van der Waals surface area contributed by atoms with Crippen LogP contribution in [0.15, 0.2) is 59.3 Å². The summed E-state index contributed by atoms with van der Waals surface area (Å²) >= 11 is 0. The Bertz CT molecular complexity index is 1180. The van der Waals surface area contributed by atoms with Crippen LogP contribution in [0.1, 0.15) is 34.4 Å². The molecule has 1 N–H and O–H groups in total. The van der Waals surface area contributed by atoms with Gasteiger partial charge < -0.3 is 14.6 Å². The Hall–Kier alpha value is -3.94. The Kier molecular flexibility index (Phi) is 5.79. The van der Waals surface area contributed by atoms with Crippen molar-refractivity contribution in [2.45, 2.75) is 26.8 Å². The molecule has 0 aliphatic carbocycles. The second-order valence-corrected chi connectivity index (χ2v) is 7.02. The third kappa shape index (κ3) is 4.48. The summed E-state index contributed by atoms with van der Waals surface area (Å²) in [7, 11) is 1.62. The molecule has 0 saturated carbocycles. The van der Waals surface area contributed by atoms with Crippen molar-refractivity contribution < 1.29 is 14.1 Å². The molecular weight excluding hydrogens is 394 g/mol. The van der Waals surface area contributed by atoms with Gasteiger partial charge in [0.15, 0.2) is 0 Å². The zero-order chi connectivity index (χ0) is 21.8. The molecule has 0 aliphatic heterocycles. The van der Waals surface area contributed by atoms with Crippen LogP contribution in [0.3, 0.4) is 0 Å². The zero-order valence-corrected chi connectivity index (χ0v) is 17.6. The highest BCUT2D eigenvalue weighted by atomic mass is 16.5. The summed E-state index contributed by atoms with van der Waals surface area (Å²) in [5.74, 6) is 1.77. The lowest BCUT2D eigenvalue weighted by atomic mass is 10.2. The summed E-state index contributed by atoms with van der Waals surface area (Å²) in [5, 5.41) is 11.4. The molecule has 0 saturated heterocycles. The van der Waals surface area contributed by atoms with Crippen molar-refractivity contribution in [3.63, 3.8) is 0 Å². The molecule has 0 radical (unpaired) electrons. The van der Waals surface area contributed by atoms with Gasteiger partial charge in [-0.2, -0.15) is 10.1 Å². The van der Waals surface area contributed by atoms with Crippen LogP contribution in [0.4, 0.5) is 0 Å². The molecule has 4 rings (SSSR count). The molecule has 0 atom stereocenters. The fourth-order valence-corrected chi connectivity index (χ4v) is 3.12. The molecule has 4 aromatic rings. The number of carbonyl (C=O) groups excluding carboxylic acids is 1. The molecule has 0 unspecified atom stereocenters. The molecule has 2 aromatic heterocycles. The van der Waals surface area contributed by atoms with Crippen molar-refractivity contribution in [3.8, 4) is 22.8 Å². The van der Waals surface area contributed by atoms with E-state index in [4.69, 9.17) is 9.26 Å². The molecule has 8 heteroatoms. The van der Waals surface area contributed by atoms with Gasteiger partial charge >= 0.3 is 0 Å². The first kappa shape index (κ1) is 20.3. The fraction of sp³-hybridized carbons (Fsp3) is 0.217. The van der Waals surface area contributed by atoms with Crippen LogP contribution < -0.4 is 10.1 Å². The number of hydrogen-bond acceptors (Lipinski definition) is 6. The van der Waals surface area contributed by atoms with Crippen LogP contribution in [0, 0.1) is 6.92 Å². The molecule has 0 bridgehead atoms. The van der Waals surface area contributed by atoms with E-state index < -0.39 is 0 Å². The highest BCUT2D eigenvalue weighted by molar-refractivity contribution is 5.95. The summed E-state index contributed by atoms with van der Waals surface area (Å²) in [5.41, 5.74) is 3.86. The first-order chi connectivity index (χ1) is 15.1. The predicted octanol–water partition coefficient (Wildman–Crippen LogP) is 3.73. The van der Waals surface area contributed by atoms with E-state index in [0.717, 1.165) is 22.6 Å². The van der Waals surface area contributed by atoms with Crippen LogP contribution in [-0.4, -0.2) is 32.9 Å². The summed E-state index contributed by atoms with van der Waals surface area (Å²) in [6, 6.07) is 15.2. The molecule has 0 spiro atoms. The maximum absolute atomic E-state index is 12.7. The molecule has 2 aromatic carbocycles. The average molecular weight is 417 g/mol. The monoisotopic (exact) mass is 417 g/mol. The summed E-state index contributed by atoms with van der Waals surface area (Å²) in [4.78, 5) is 17.0. The number of carbonyl (C=O) groups is 1. The van der Waals surface area contributed by atoms with Gasteiger partial charge in [-0.1, -0.05) is 24.2 Å². The molecule has 2 heterocycles. The predicted molar refractivity (Wildman–Crippen MR) is 115 cm³/mol. The molecular formula is C23H23N5O3. The van der Waals surface area contributed by atoms with Gasteiger partial charge in [0.2, 0.25) is 11.7 Å². The maximum Gasteiger partial charge on any atom is 0.255 e. The lowest BCUT2D eigenvalue weighted by molar-refractivity contribution is 0.0950. The van der Waals surface area contributed by atoms with Crippen LogP contribution in [0.25, 0.3) is 17.1 Å². The topological polar surface area (TPSA) is 95.1 Å². The number of methoxy groups -OCH3 is 1. The minimum absolute atomic E-state index is 0.171. The second-order valence-electron chi connectivity index (χ2n) is 7.02. The largest absolute Gasteiger partial charge is 0.497 e. The minimum Gasteiger partial charge on any atom is -0.497 e. The van der Waals surface area contributed by atoms with Gasteiger partial charge in [0.25, 0.3) is 5.91 Å². The molecule has 1 amide bonds. The van der Waals surface area contributed by atoms with Gasteiger partial charge in [-0.25, -0.2) is 4.68 Å². The highest BCUT2D eigenvalue weighted by Gasteiger charge is 2.14. The first-order valence-corrected chi connectivity index (χ1v) is 9.98. The number of benzene rings is 2. The summed E-state index contributed by atoms with van der Waals surface area (Å²) < 4.78 is 12.0. The van der Waals surface area contributed by atoms with E-state index >= 15 is 0 Å². The van der Waals surface area contributed by atoms with Crippen LogP contribution in [0.2, 0.25) is 0 Å². The lowest BCUT2D eigenvalue weighted by Crippen LogP contribution is -2.23. The number of hydrogen-bond donors (Lipinski definition) is 1. The number of aromatic nitrogens is 4. The number of nitrogens with one attached hydrogen (secondary N) is 1. The zero-order valence-electron chi connectivity index (χ0n) is 17.6. The third-order valence-corrected chi connectivity index (χ3v) is 4.92. The van der Waals surface area contributed by atoms with Gasteiger partial charge in [-0.05, 0) is 48.9 Å². The normalized spacial score (nSPS) is 10.8. The second kappa shape index (κ2) is 8.83. The van der Waals surface area contributed by atoms with E-state index in [1.54, 1.807) is 18.0 Å². The molecule has 0 aliphatic rings. The van der Waals surface area contributed by atoms with Crippen LogP contribution in [-0.2, 0) is 13.0 Å². The van der Waals surface area contributed by atoms with Gasteiger partial charge in [0, 0.05) is 24.7 Å². The number of amides is 1. The van der Waals surface area contributed by atoms with Crippen LogP contribution >= 0.6 is 0 Å². The van der Waals surface area contributed by atoms with Crippen molar-refractivity contribution >= 4 is 5.91 Å². The quantitative estimate of drug-likeness (QED) is 0.492. The standard InChI is InChI=1S/C23H23N5O3/c1-4-21-25-22(27-31-21)17-7-9-18(10-8-17)28-14-20(15(2)26-28)23(29)24-13-16-5-11-19(30-3)12-6-16/h5-12,14H,4,13H2,1-3H3,(H,24,29). The van der Waals surface area contributed by atoms with E-state index in [1.165, 1.54) is 0 Å². The Balaban J connectivity index is 1.45. The van der Waals surface area contributed by atoms with Crippen molar-refractivity contribution in [2.75, 3.05) is 7.11 Å². The number of ether oxygens (including phenoxy) is 1. The lowest BCUT2D eigenvalue weighted by Gasteiger charge is -2.05. The molecule has 31 heavy (non-hydrogen) atoms. The number of rotatable bonds is 7. The third-order valence-electron chi connectivity index (χ3n) is 4.92. The average Bonchev–Trinajstić information content (AvgIpc) is 3.45. The smallest absolute Gasteiger partial charge is 0.255 e. The maximum atomic E-state index is 12.7. The van der Waals surface area contributed by atoms with E-state index in [-0.39, 0.29) is 5.91 Å². The van der Waals surface area contributed by atoms with Crippen LogP contribution in [0.5, 0.6) is 5.75 Å². The number of nitrogens with zero attached hydrogens (tertiary/aromatic N) is 4. The Morgan fingerprint density at radius 3 is 2.52 bits per heavy atom. The fourth-order valence-electron chi connectivity index (χ4n) is 3.12. The Labute approximate surface area is 179 Å². The van der Waals surface area contributed by atoms with Crippen molar-refractivity contribution in [1.29, 1.82) is 0 Å². The van der Waals surface area contributed by atoms with E-state index in [0.29, 0.717) is 35.9 Å². The molecule has 8 nitrogen and oxygen atoms in total. The SMILES string of the molecule is CCc1nc(-c2ccc(-n3cc(C(=O)NCc4ccc(OC)cc4)c(C)n3)cc2)no1. The summed E-state index contributed by atoms with van der Waals surface area (Å²) in [6.07, 6.45) is 2.43. The minimum atomic E-state index is -0.171. The summed E-state index contributed by atoms with van der Waals surface area (Å²) in [6.45, 7) is 4.20. The van der Waals surface area contributed by atoms with Crippen molar-refractivity contribution in [3.05, 3.63) is 77.4 Å². The van der Waals surface area contributed by atoms with E-state index in [1.807, 2.05) is 62.4 Å². The van der Waals surface area contributed by atoms with E-state index in [9.17, 15) is 4.79 Å². The highest BCUT2D eigenvalue weighted by Crippen LogP contribution is 2.19. The van der Waals surface area contributed by atoms with Gasteiger partial charge in [0.05, 0.1) is 24.1 Å². The molecule has 158 valence electrons. The van der Waals surface area contributed by atoms with Crippen molar-refractivity contribution in [2.24, 2.45) is 0 Å². The Morgan fingerprint density at radius 2 is 1.87 bits per heavy atom. The molecule has 0 fully saturated rings. The number of aryl methyl sites for hydroxylation is 2. The first-order valence-electron chi connectivity index (χ1n) is 9.98. The van der Waals surface area contributed by atoms with Gasteiger partial charge in [-0.15, -0.1) is 0 Å².